The Hall–Kier alpha value is -1.40. The summed E-state index contributed by atoms with van der Waals surface area (Å²) in [6.45, 7) is 5.02. The summed E-state index contributed by atoms with van der Waals surface area (Å²) in [6.07, 6.45) is 111. The topological polar surface area (TPSA) is 95.9 Å². The number of carbonyl (C=O) groups excluding carboxylic acids is 2. The molecule has 0 aliphatic heterocycles. The molecule has 0 saturated heterocycles. The van der Waals surface area contributed by atoms with Gasteiger partial charge in [-0.15, -0.1) is 0 Å². The first kappa shape index (κ1) is 94.6. The molecule has 0 rings (SSSR count). The Kier molecular flexibility index (Phi) is 84.8. The molecule has 2 atom stereocenters. The first-order chi connectivity index (χ1) is 47.5. The van der Waals surface area contributed by atoms with Gasteiger partial charge in [0.15, 0.2) is 0 Å². The van der Waals surface area contributed by atoms with Gasteiger partial charge in [-0.05, 0) is 51.4 Å². The second-order valence-electron chi connectivity index (χ2n) is 31.3. The Bertz CT molecular complexity index is 1470. The minimum atomic E-state index is -0.661. The van der Waals surface area contributed by atoms with Crippen molar-refractivity contribution in [3.63, 3.8) is 0 Å². The van der Waals surface area contributed by atoms with Gasteiger partial charge in [0.05, 0.1) is 25.4 Å². The van der Waals surface area contributed by atoms with Crippen LogP contribution in [-0.4, -0.2) is 47.4 Å². The lowest BCUT2D eigenvalue weighted by Crippen LogP contribution is -2.45. The van der Waals surface area contributed by atoms with E-state index in [4.69, 9.17) is 4.74 Å². The van der Waals surface area contributed by atoms with Gasteiger partial charge < -0.3 is 20.3 Å². The second-order valence-corrected chi connectivity index (χ2v) is 31.3. The predicted molar refractivity (Wildman–Crippen MR) is 426 cm³/mol. The molecule has 0 aliphatic carbocycles. The lowest BCUT2D eigenvalue weighted by molar-refractivity contribution is -0.143. The van der Waals surface area contributed by atoms with Crippen LogP contribution in [0.1, 0.15) is 528 Å². The van der Waals surface area contributed by atoms with Crippen LogP contribution in [0.2, 0.25) is 0 Å². The Balaban J connectivity index is 3.30. The molecule has 0 aromatic heterocycles. The summed E-state index contributed by atoms with van der Waals surface area (Å²) in [5.41, 5.74) is 0. The summed E-state index contributed by atoms with van der Waals surface area (Å²) in [7, 11) is 0. The summed E-state index contributed by atoms with van der Waals surface area (Å²) < 4.78 is 5.52. The van der Waals surface area contributed by atoms with Crippen LogP contribution < -0.4 is 5.32 Å². The number of carbonyl (C=O) groups is 2. The van der Waals surface area contributed by atoms with E-state index < -0.39 is 12.1 Å². The Morgan fingerprint density at radius 1 is 0.281 bits per heavy atom. The van der Waals surface area contributed by atoms with Gasteiger partial charge in [0.1, 0.15) is 0 Å². The van der Waals surface area contributed by atoms with Crippen molar-refractivity contribution in [2.45, 2.75) is 540 Å². The molecule has 96 heavy (non-hydrogen) atoms. The molecule has 6 heteroatoms. The summed E-state index contributed by atoms with van der Waals surface area (Å²) in [6, 6.07) is -0.538. The van der Waals surface area contributed by atoms with Gasteiger partial charge in [0, 0.05) is 12.8 Å². The molecule has 572 valence electrons. The van der Waals surface area contributed by atoms with E-state index in [0.29, 0.717) is 25.9 Å². The highest BCUT2D eigenvalue weighted by molar-refractivity contribution is 5.76. The molecule has 0 aromatic rings. The Labute approximate surface area is 603 Å². The van der Waals surface area contributed by atoms with Gasteiger partial charge in [-0.3, -0.25) is 9.59 Å². The zero-order valence-electron chi connectivity index (χ0n) is 65.9. The van der Waals surface area contributed by atoms with Gasteiger partial charge in [0.2, 0.25) is 5.91 Å². The van der Waals surface area contributed by atoms with E-state index in [1.165, 1.54) is 456 Å². The van der Waals surface area contributed by atoms with E-state index in [0.717, 1.165) is 38.5 Å². The molecule has 3 N–H and O–H groups in total. The average Bonchev–Trinajstić information content (AvgIpc) is 2.81. The summed E-state index contributed by atoms with van der Waals surface area (Å²) in [4.78, 5) is 24.7. The van der Waals surface area contributed by atoms with Gasteiger partial charge in [-0.1, -0.05) is 475 Å². The number of aliphatic hydroxyl groups is 2. The summed E-state index contributed by atoms with van der Waals surface area (Å²) in [5, 5.41) is 23.5. The number of ether oxygens (including phenoxy) is 1. The minimum Gasteiger partial charge on any atom is -0.466 e. The lowest BCUT2D eigenvalue weighted by atomic mass is 10.0. The number of unbranched alkanes of at least 4 members (excludes halogenated alkanes) is 73. The second kappa shape index (κ2) is 86.0. The van der Waals surface area contributed by atoms with Gasteiger partial charge in [-0.2, -0.15) is 0 Å². The zero-order valence-corrected chi connectivity index (χ0v) is 65.9. The fourth-order valence-electron chi connectivity index (χ4n) is 14.8. The highest BCUT2D eigenvalue weighted by Crippen LogP contribution is 2.22. The van der Waals surface area contributed by atoms with Crippen molar-refractivity contribution >= 4 is 11.9 Å². The van der Waals surface area contributed by atoms with Crippen LogP contribution in [0.15, 0.2) is 12.2 Å². The van der Waals surface area contributed by atoms with E-state index in [1.807, 2.05) is 0 Å². The molecule has 0 aliphatic rings. The van der Waals surface area contributed by atoms with Crippen LogP contribution in [-0.2, 0) is 14.3 Å². The largest absolute Gasteiger partial charge is 0.466 e. The fraction of sp³-hybridized carbons (Fsp3) is 0.956. The van der Waals surface area contributed by atoms with Crippen molar-refractivity contribution in [2.24, 2.45) is 0 Å². The molecule has 0 aromatic carbocycles. The molecule has 0 fully saturated rings. The number of hydrogen-bond acceptors (Lipinski definition) is 5. The highest BCUT2D eigenvalue weighted by Gasteiger charge is 2.20. The van der Waals surface area contributed by atoms with Crippen molar-refractivity contribution < 1.29 is 24.5 Å². The molecule has 0 bridgehead atoms. The Morgan fingerprint density at radius 3 is 0.740 bits per heavy atom. The molecule has 0 heterocycles. The molecule has 6 nitrogen and oxygen atoms in total. The van der Waals surface area contributed by atoms with E-state index in [2.05, 4.69) is 31.3 Å². The van der Waals surface area contributed by atoms with Crippen LogP contribution in [0.5, 0.6) is 0 Å². The Morgan fingerprint density at radius 2 is 0.490 bits per heavy atom. The third-order valence-electron chi connectivity index (χ3n) is 21.6. The van der Waals surface area contributed by atoms with Crippen LogP contribution in [0.3, 0.4) is 0 Å². The third kappa shape index (κ3) is 81.6. The first-order valence-electron chi connectivity index (χ1n) is 44.9. The maximum absolute atomic E-state index is 12.6. The molecular formula is C90H177NO5. The standard InChI is InChI=1S/C90H177NO5/c1-3-5-7-9-11-13-15-17-19-21-22-23-24-38-41-44-47-51-54-58-62-66-70-74-78-82-88(93)87(86-92)91-89(94)83-79-75-71-67-63-59-55-52-48-45-42-39-36-34-32-30-28-26-25-27-29-31-33-35-37-40-43-46-49-53-57-61-65-69-73-77-81-85-96-90(95)84-80-76-72-68-64-60-56-50-20-18-16-14-12-10-8-6-4-2/h18,20,87-88,92-93H,3-17,19,21-86H2,1-2H3,(H,91,94)/b20-18-. The van der Waals surface area contributed by atoms with Crippen molar-refractivity contribution in [1.82, 2.24) is 5.32 Å². The predicted octanol–water partition coefficient (Wildman–Crippen LogP) is 30.2. The molecule has 0 radical (unpaired) electrons. The molecule has 2 unspecified atom stereocenters. The average molecular weight is 1350 g/mol. The number of amides is 1. The van der Waals surface area contributed by atoms with Crippen molar-refractivity contribution in [3.8, 4) is 0 Å². The number of allylic oxidation sites excluding steroid dienone is 2. The van der Waals surface area contributed by atoms with E-state index in [1.54, 1.807) is 0 Å². The van der Waals surface area contributed by atoms with Gasteiger partial charge >= 0.3 is 5.97 Å². The smallest absolute Gasteiger partial charge is 0.305 e. The number of rotatable bonds is 86. The van der Waals surface area contributed by atoms with Crippen molar-refractivity contribution in [1.29, 1.82) is 0 Å². The molecule has 0 saturated carbocycles. The SMILES string of the molecule is CCCCCCCC/C=C\CCCCCCCCCC(=O)OCCCCCCCCCCCCCCCCCCCCCCCCCCCCCCCCCCCCCCCC(=O)NC(CO)C(O)CCCCCCCCCCCCCCCCCCCCCCCCCCC. The van der Waals surface area contributed by atoms with Crippen LogP contribution in [0, 0.1) is 0 Å². The van der Waals surface area contributed by atoms with Gasteiger partial charge in [0.25, 0.3) is 0 Å². The van der Waals surface area contributed by atoms with Crippen molar-refractivity contribution in [3.05, 3.63) is 12.2 Å². The van der Waals surface area contributed by atoms with Gasteiger partial charge in [-0.25, -0.2) is 0 Å². The summed E-state index contributed by atoms with van der Waals surface area (Å²) >= 11 is 0. The lowest BCUT2D eigenvalue weighted by Gasteiger charge is -2.22. The van der Waals surface area contributed by atoms with Crippen LogP contribution >= 0.6 is 0 Å². The first-order valence-corrected chi connectivity index (χ1v) is 44.9. The van der Waals surface area contributed by atoms with E-state index in [9.17, 15) is 19.8 Å². The number of hydrogen-bond donors (Lipinski definition) is 3. The maximum atomic E-state index is 12.6. The van der Waals surface area contributed by atoms with E-state index >= 15 is 0 Å². The quantitative estimate of drug-likeness (QED) is 0.0320. The normalized spacial score (nSPS) is 12.4. The monoisotopic (exact) mass is 1350 g/mol. The number of nitrogens with one attached hydrogen (secondary N) is 1. The minimum absolute atomic E-state index is 0.0216. The van der Waals surface area contributed by atoms with Crippen LogP contribution in [0.4, 0.5) is 0 Å². The fourth-order valence-corrected chi connectivity index (χ4v) is 14.8. The molecular weight excluding hydrogens is 1170 g/mol. The number of aliphatic hydroxyl groups excluding tert-OH is 2. The maximum Gasteiger partial charge on any atom is 0.305 e. The number of esters is 1. The third-order valence-corrected chi connectivity index (χ3v) is 21.6. The molecule has 1 amide bonds. The van der Waals surface area contributed by atoms with E-state index in [-0.39, 0.29) is 18.5 Å². The zero-order chi connectivity index (χ0) is 69.1. The highest BCUT2D eigenvalue weighted by atomic mass is 16.5. The van der Waals surface area contributed by atoms with Crippen LogP contribution in [0.25, 0.3) is 0 Å². The van der Waals surface area contributed by atoms with Crippen molar-refractivity contribution in [2.75, 3.05) is 13.2 Å². The molecule has 0 spiro atoms. The summed E-state index contributed by atoms with van der Waals surface area (Å²) in [5.74, 6) is -0.000622.